The lowest BCUT2D eigenvalue weighted by Crippen LogP contribution is -2.49. The highest BCUT2D eigenvalue weighted by Gasteiger charge is 2.26. The Morgan fingerprint density at radius 1 is 1.18 bits per heavy atom. The normalized spacial score (nSPS) is 11.6. The molecule has 0 aliphatic rings. The van der Waals surface area contributed by atoms with E-state index in [4.69, 9.17) is 16.3 Å². The summed E-state index contributed by atoms with van der Waals surface area (Å²) in [6.45, 7) is 6.37. The molecule has 1 atom stereocenters. The summed E-state index contributed by atoms with van der Waals surface area (Å²) in [5.74, 6) is 0.174. The number of benzene rings is 2. The minimum absolute atomic E-state index is 0.143. The van der Waals surface area contributed by atoms with Gasteiger partial charge in [-0.25, -0.2) is 0 Å². The first-order valence-electron chi connectivity index (χ1n) is 9.41. The molecule has 2 amide bonds. The summed E-state index contributed by atoms with van der Waals surface area (Å²) in [5, 5.41) is 3.43. The summed E-state index contributed by atoms with van der Waals surface area (Å²) >= 11 is 6.07. The number of carbonyl (C=O) groups is 2. The van der Waals surface area contributed by atoms with E-state index in [1.54, 1.807) is 25.1 Å². The molecule has 5 nitrogen and oxygen atoms in total. The van der Waals surface area contributed by atoms with Gasteiger partial charge in [-0.1, -0.05) is 42.8 Å². The van der Waals surface area contributed by atoms with Crippen molar-refractivity contribution in [3.63, 3.8) is 0 Å². The molecule has 2 aromatic rings. The molecule has 0 aliphatic heterocycles. The number of nitrogens with zero attached hydrogens (tertiary/aromatic N) is 1. The SMILES string of the molecule is CCCNC(=O)C(C)N(Cc1cccc(Cl)c1)C(=O)COc1cccc(C)c1. The van der Waals surface area contributed by atoms with Crippen molar-refractivity contribution in [2.24, 2.45) is 0 Å². The minimum atomic E-state index is -0.626. The van der Waals surface area contributed by atoms with Gasteiger partial charge in [0.2, 0.25) is 5.91 Å². The Hall–Kier alpha value is -2.53. The first-order chi connectivity index (χ1) is 13.4. The maximum Gasteiger partial charge on any atom is 0.261 e. The predicted octanol–water partition coefficient (Wildman–Crippen LogP) is 3.97. The van der Waals surface area contributed by atoms with Crippen LogP contribution < -0.4 is 10.1 Å². The van der Waals surface area contributed by atoms with Crippen LogP contribution in [0.2, 0.25) is 5.02 Å². The zero-order chi connectivity index (χ0) is 20.5. The quantitative estimate of drug-likeness (QED) is 0.690. The van der Waals surface area contributed by atoms with Crippen molar-refractivity contribution in [2.75, 3.05) is 13.2 Å². The Morgan fingerprint density at radius 3 is 2.61 bits per heavy atom. The van der Waals surface area contributed by atoms with Crippen molar-refractivity contribution in [3.8, 4) is 5.75 Å². The molecule has 28 heavy (non-hydrogen) atoms. The van der Waals surface area contributed by atoms with E-state index >= 15 is 0 Å². The largest absolute Gasteiger partial charge is 0.484 e. The molecule has 0 saturated carbocycles. The summed E-state index contributed by atoms with van der Waals surface area (Å²) < 4.78 is 5.65. The van der Waals surface area contributed by atoms with E-state index in [1.165, 1.54) is 4.90 Å². The van der Waals surface area contributed by atoms with E-state index in [0.717, 1.165) is 17.5 Å². The van der Waals surface area contributed by atoms with E-state index in [2.05, 4.69) is 5.32 Å². The Morgan fingerprint density at radius 2 is 1.93 bits per heavy atom. The lowest BCUT2D eigenvalue weighted by atomic mass is 10.1. The summed E-state index contributed by atoms with van der Waals surface area (Å²) in [5.41, 5.74) is 1.90. The van der Waals surface area contributed by atoms with Gasteiger partial charge in [-0.05, 0) is 55.7 Å². The third-order valence-electron chi connectivity index (χ3n) is 4.31. The second kappa shape index (κ2) is 10.7. The number of amides is 2. The van der Waals surface area contributed by atoms with Crippen molar-refractivity contribution in [2.45, 2.75) is 39.8 Å². The molecule has 2 rings (SSSR count). The van der Waals surface area contributed by atoms with Crippen molar-refractivity contribution in [1.29, 1.82) is 0 Å². The van der Waals surface area contributed by atoms with Crippen LogP contribution in [0, 0.1) is 6.92 Å². The van der Waals surface area contributed by atoms with Gasteiger partial charge < -0.3 is 15.0 Å². The second-order valence-electron chi connectivity index (χ2n) is 6.72. The Kier molecular flexibility index (Phi) is 8.33. The van der Waals surface area contributed by atoms with Gasteiger partial charge >= 0.3 is 0 Å². The number of aryl methyl sites for hydroxylation is 1. The average molecular weight is 403 g/mol. The molecule has 0 aromatic heterocycles. The van der Waals surface area contributed by atoms with E-state index in [-0.39, 0.29) is 25.0 Å². The number of carbonyl (C=O) groups excluding carboxylic acids is 2. The van der Waals surface area contributed by atoms with Gasteiger partial charge in [-0.3, -0.25) is 9.59 Å². The van der Waals surface area contributed by atoms with Crippen LogP contribution in [-0.4, -0.2) is 35.9 Å². The van der Waals surface area contributed by atoms with Crippen LogP contribution in [0.4, 0.5) is 0 Å². The van der Waals surface area contributed by atoms with E-state index in [9.17, 15) is 9.59 Å². The first kappa shape index (κ1) is 21.8. The molecule has 1 N–H and O–H groups in total. The van der Waals surface area contributed by atoms with Gasteiger partial charge in [0.05, 0.1) is 0 Å². The Balaban J connectivity index is 2.13. The average Bonchev–Trinajstić information content (AvgIpc) is 2.68. The molecule has 150 valence electrons. The van der Waals surface area contributed by atoms with Gasteiger partial charge in [0, 0.05) is 18.1 Å². The maximum atomic E-state index is 12.9. The molecular weight excluding hydrogens is 376 g/mol. The third-order valence-corrected chi connectivity index (χ3v) is 4.55. The number of halogens is 1. The number of hydrogen-bond acceptors (Lipinski definition) is 3. The lowest BCUT2D eigenvalue weighted by Gasteiger charge is -2.28. The summed E-state index contributed by atoms with van der Waals surface area (Å²) in [6.07, 6.45) is 0.831. The molecule has 0 bridgehead atoms. The smallest absolute Gasteiger partial charge is 0.261 e. The van der Waals surface area contributed by atoms with Gasteiger partial charge in [0.1, 0.15) is 11.8 Å². The fourth-order valence-electron chi connectivity index (χ4n) is 2.74. The molecule has 0 radical (unpaired) electrons. The highest BCUT2D eigenvalue weighted by atomic mass is 35.5. The van der Waals surface area contributed by atoms with Crippen LogP contribution in [0.1, 0.15) is 31.4 Å². The maximum absolute atomic E-state index is 12.9. The fraction of sp³-hybridized carbons (Fsp3) is 0.364. The highest BCUT2D eigenvalue weighted by molar-refractivity contribution is 6.30. The number of nitrogens with one attached hydrogen (secondary N) is 1. The first-order valence-corrected chi connectivity index (χ1v) is 9.79. The van der Waals surface area contributed by atoms with E-state index in [1.807, 2.05) is 44.2 Å². The van der Waals surface area contributed by atoms with Crippen LogP contribution in [-0.2, 0) is 16.1 Å². The number of hydrogen-bond donors (Lipinski definition) is 1. The predicted molar refractivity (Wildman–Crippen MR) is 111 cm³/mol. The molecule has 0 aliphatic carbocycles. The highest BCUT2D eigenvalue weighted by Crippen LogP contribution is 2.16. The van der Waals surface area contributed by atoms with Crippen molar-refractivity contribution in [3.05, 3.63) is 64.7 Å². The summed E-state index contributed by atoms with van der Waals surface area (Å²) in [4.78, 5) is 26.9. The van der Waals surface area contributed by atoms with Crippen molar-refractivity contribution >= 4 is 23.4 Å². The van der Waals surface area contributed by atoms with Crippen molar-refractivity contribution < 1.29 is 14.3 Å². The molecule has 6 heteroatoms. The molecule has 1 unspecified atom stereocenters. The monoisotopic (exact) mass is 402 g/mol. The molecule has 0 spiro atoms. The topological polar surface area (TPSA) is 58.6 Å². The fourth-order valence-corrected chi connectivity index (χ4v) is 2.96. The van der Waals surface area contributed by atoms with Crippen LogP contribution in [0.5, 0.6) is 5.75 Å². The van der Waals surface area contributed by atoms with E-state index < -0.39 is 6.04 Å². The number of rotatable bonds is 9. The van der Waals surface area contributed by atoms with Crippen LogP contribution in [0.25, 0.3) is 0 Å². The van der Waals surface area contributed by atoms with Gasteiger partial charge in [0.15, 0.2) is 6.61 Å². The van der Waals surface area contributed by atoms with Crippen LogP contribution in [0.3, 0.4) is 0 Å². The van der Waals surface area contributed by atoms with E-state index in [0.29, 0.717) is 17.3 Å². The Bertz CT molecular complexity index is 810. The summed E-state index contributed by atoms with van der Waals surface area (Å²) in [7, 11) is 0. The van der Waals surface area contributed by atoms with Gasteiger partial charge in [-0.2, -0.15) is 0 Å². The van der Waals surface area contributed by atoms with Crippen LogP contribution >= 0.6 is 11.6 Å². The molecule has 0 saturated heterocycles. The zero-order valence-electron chi connectivity index (χ0n) is 16.6. The van der Waals surface area contributed by atoms with Crippen LogP contribution in [0.15, 0.2) is 48.5 Å². The molecule has 2 aromatic carbocycles. The standard InChI is InChI=1S/C22H27ClN2O3/c1-4-11-24-22(27)17(3)25(14-18-8-6-9-19(23)13-18)21(26)15-28-20-10-5-7-16(2)12-20/h5-10,12-13,17H,4,11,14-15H2,1-3H3,(H,24,27). The molecular formula is C22H27ClN2O3. The minimum Gasteiger partial charge on any atom is -0.484 e. The van der Waals surface area contributed by atoms with Gasteiger partial charge in [0.25, 0.3) is 5.91 Å². The Labute approximate surface area is 171 Å². The summed E-state index contributed by atoms with van der Waals surface area (Å²) in [6, 6.07) is 14.1. The molecule has 0 heterocycles. The van der Waals surface area contributed by atoms with Crippen molar-refractivity contribution in [1.82, 2.24) is 10.2 Å². The van der Waals surface area contributed by atoms with Gasteiger partial charge in [-0.15, -0.1) is 0 Å². The lowest BCUT2D eigenvalue weighted by molar-refractivity contribution is -0.142. The third kappa shape index (κ3) is 6.57. The second-order valence-corrected chi connectivity index (χ2v) is 7.16. The zero-order valence-corrected chi connectivity index (χ0v) is 17.3. The number of ether oxygens (including phenoxy) is 1. The molecule has 0 fully saturated rings.